The second-order valence-corrected chi connectivity index (χ2v) is 3.37. The monoisotopic (exact) mass is 176 g/mol. The molecule has 2 nitrogen and oxygen atoms in total. The zero-order valence-electron chi connectivity index (χ0n) is 6.45. The average molecular weight is 176 g/mol. The maximum absolute atomic E-state index is 3.98. The molecule has 2 rings (SSSR count). The van der Waals surface area contributed by atoms with Crippen LogP contribution in [0.3, 0.4) is 0 Å². The Balaban J connectivity index is 2.34. The van der Waals surface area contributed by atoms with Gasteiger partial charge in [-0.25, -0.2) is 0 Å². The fraction of sp³-hybridized carbons (Fsp3) is 0. The van der Waals surface area contributed by atoms with Crippen molar-refractivity contribution in [1.29, 1.82) is 0 Å². The Morgan fingerprint density at radius 1 is 1.50 bits per heavy atom. The first-order valence-electron chi connectivity index (χ1n) is 3.60. The topological polar surface area (TPSA) is 28.7 Å². The van der Waals surface area contributed by atoms with Crippen molar-refractivity contribution in [2.24, 2.45) is 0 Å². The molecule has 12 heavy (non-hydrogen) atoms. The molecule has 2 heterocycles. The molecule has 0 fully saturated rings. The quantitative estimate of drug-likeness (QED) is 0.748. The van der Waals surface area contributed by atoms with Crippen molar-refractivity contribution in [2.75, 3.05) is 0 Å². The lowest BCUT2D eigenvalue weighted by Crippen LogP contribution is -1.81. The highest BCUT2D eigenvalue weighted by atomic mass is 32.1. The summed E-state index contributed by atoms with van der Waals surface area (Å²) >= 11 is 1.68. The van der Waals surface area contributed by atoms with Gasteiger partial charge in [-0.05, 0) is 17.5 Å². The standard InChI is InChI=1S/C9H8N2S/c1-7(8-4-5-10-11-8)9-3-2-6-12-9/h2-6H,1H2,(H,10,11). The van der Waals surface area contributed by atoms with E-state index in [0.717, 1.165) is 11.3 Å². The Hall–Kier alpha value is -1.35. The molecule has 0 saturated heterocycles. The van der Waals surface area contributed by atoms with Crippen molar-refractivity contribution in [3.8, 4) is 0 Å². The summed E-state index contributed by atoms with van der Waals surface area (Å²) in [6.45, 7) is 3.98. The summed E-state index contributed by atoms with van der Waals surface area (Å²) in [7, 11) is 0. The number of aromatic nitrogens is 2. The fourth-order valence-electron chi connectivity index (χ4n) is 1.01. The molecule has 0 radical (unpaired) electrons. The van der Waals surface area contributed by atoms with Gasteiger partial charge in [-0.2, -0.15) is 5.10 Å². The minimum atomic E-state index is 0.984. The van der Waals surface area contributed by atoms with Gasteiger partial charge < -0.3 is 0 Å². The lowest BCUT2D eigenvalue weighted by molar-refractivity contribution is 1.08. The van der Waals surface area contributed by atoms with E-state index in [1.807, 2.05) is 23.6 Å². The SMILES string of the molecule is C=C(c1ccn[nH]1)c1cccs1. The summed E-state index contributed by atoms with van der Waals surface area (Å²) in [5.74, 6) is 0. The van der Waals surface area contributed by atoms with Gasteiger partial charge in [0, 0.05) is 16.6 Å². The molecule has 0 aliphatic rings. The normalized spacial score (nSPS) is 10.0. The molecule has 0 bridgehead atoms. The van der Waals surface area contributed by atoms with Crippen LogP contribution in [0.5, 0.6) is 0 Å². The first kappa shape index (κ1) is 7.31. The Morgan fingerprint density at radius 3 is 3.00 bits per heavy atom. The Labute approximate surface area is 74.6 Å². The molecular formula is C9H8N2S. The third-order valence-electron chi connectivity index (χ3n) is 1.64. The van der Waals surface area contributed by atoms with Gasteiger partial charge >= 0.3 is 0 Å². The molecule has 3 heteroatoms. The van der Waals surface area contributed by atoms with Crippen LogP contribution >= 0.6 is 11.3 Å². The van der Waals surface area contributed by atoms with Crippen LogP contribution in [0.1, 0.15) is 10.6 Å². The third-order valence-corrected chi connectivity index (χ3v) is 2.57. The maximum Gasteiger partial charge on any atom is 0.0658 e. The van der Waals surface area contributed by atoms with Crippen molar-refractivity contribution < 1.29 is 0 Å². The molecule has 0 aliphatic heterocycles. The minimum Gasteiger partial charge on any atom is -0.278 e. The number of hydrogen-bond acceptors (Lipinski definition) is 2. The van der Waals surface area contributed by atoms with E-state index in [0.29, 0.717) is 0 Å². The number of H-pyrrole nitrogens is 1. The highest BCUT2D eigenvalue weighted by molar-refractivity contribution is 7.11. The molecule has 0 aliphatic carbocycles. The van der Waals surface area contributed by atoms with E-state index in [2.05, 4.69) is 16.8 Å². The summed E-state index contributed by atoms with van der Waals surface area (Å²) in [5.41, 5.74) is 1.99. The average Bonchev–Trinajstić information content (AvgIpc) is 2.77. The Kier molecular flexibility index (Phi) is 1.80. The number of thiophene rings is 1. The maximum atomic E-state index is 3.98. The molecule has 60 valence electrons. The zero-order valence-corrected chi connectivity index (χ0v) is 7.27. The molecule has 0 unspecified atom stereocenters. The van der Waals surface area contributed by atoms with Gasteiger partial charge in [0.15, 0.2) is 0 Å². The smallest absolute Gasteiger partial charge is 0.0658 e. The van der Waals surface area contributed by atoms with Crippen LogP contribution in [0.4, 0.5) is 0 Å². The van der Waals surface area contributed by atoms with Crippen LogP contribution in [0.25, 0.3) is 5.57 Å². The predicted molar refractivity (Wildman–Crippen MR) is 51.0 cm³/mol. The van der Waals surface area contributed by atoms with Crippen molar-refractivity contribution >= 4 is 16.9 Å². The highest BCUT2D eigenvalue weighted by Crippen LogP contribution is 2.23. The predicted octanol–water partition coefficient (Wildman–Crippen LogP) is 2.53. The van der Waals surface area contributed by atoms with Crippen LogP contribution in [-0.2, 0) is 0 Å². The van der Waals surface area contributed by atoms with Crippen LogP contribution in [0.2, 0.25) is 0 Å². The van der Waals surface area contributed by atoms with Crippen molar-refractivity contribution in [2.45, 2.75) is 0 Å². The minimum absolute atomic E-state index is 0.984. The molecule has 0 saturated carbocycles. The second kappa shape index (κ2) is 2.95. The molecule has 0 aromatic carbocycles. The van der Waals surface area contributed by atoms with Crippen LogP contribution in [0, 0.1) is 0 Å². The zero-order chi connectivity index (χ0) is 8.39. The summed E-state index contributed by atoms with van der Waals surface area (Å²) in [6, 6.07) is 5.98. The molecular weight excluding hydrogens is 168 g/mol. The van der Waals surface area contributed by atoms with Crippen LogP contribution in [0.15, 0.2) is 36.4 Å². The van der Waals surface area contributed by atoms with Gasteiger partial charge in [0.25, 0.3) is 0 Å². The molecule has 0 atom stereocenters. The molecule has 2 aromatic rings. The van der Waals surface area contributed by atoms with E-state index in [4.69, 9.17) is 0 Å². The Bertz CT molecular complexity index is 323. The summed E-state index contributed by atoms with van der Waals surface area (Å²) in [4.78, 5) is 1.18. The van der Waals surface area contributed by atoms with E-state index in [-0.39, 0.29) is 0 Å². The molecule has 0 spiro atoms. The summed E-state index contributed by atoms with van der Waals surface area (Å²) < 4.78 is 0. The largest absolute Gasteiger partial charge is 0.278 e. The first-order chi connectivity index (χ1) is 5.88. The van der Waals surface area contributed by atoms with Gasteiger partial charge in [0.1, 0.15) is 0 Å². The van der Waals surface area contributed by atoms with Gasteiger partial charge in [-0.15, -0.1) is 11.3 Å². The first-order valence-corrected chi connectivity index (χ1v) is 4.48. The lowest BCUT2D eigenvalue weighted by Gasteiger charge is -1.96. The summed E-state index contributed by atoms with van der Waals surface area (Å²) in [5, 5.41) is 8.79. The van der Waals surface area contributed by atoms with Crippen molar-refractivity contribution in [1.82, 2.24) is 10.2 Å². The highest BCUT2D eigenvalue weighted by Gasteiger charge is 2.02. The van der Waals surface area contributed by atoms with E-state index >= 15 is 0 Å². The van der Waals surface area contributed by atoms with Gasteiger partial charge in [0.05, 0.1) is 5.69 Å². The van der Waals surface area contributed by atoms with E-state index in [1.165, 1.54) is 4.88 Å². The van der Waals surface area contributed by atoms with Crippen LogP contribution in [-0.4, -0.2) is 10.2 Å². The van der Waals surface area contributed by atoms with Gasteiger partial charge in [-0.3, -0.25) is 5.10 Å². The lowest BCUT2D eigenvalue weighted by atomic mass is 10.2. The third kappa shape index (κ3) is 1.19. The van der Waals surface area contributed by atoms with E-state index < -0.39 is 0 Å². The van der Waals surface area contributed by atoms with E-state index in [1.54, 1.807) is 17.5 Å². The number of aromatic amines is 1. The molecule has 2 aromatic heterocycles. The number of rotatable bonds is 2. The second-order valence-electron chi connectivity index (χ2n) is 2.43. The van der Waals surface area contributed by atoms with Gasteiger partial charge in [0.2, 0.25) is 0 Å². The number of nitrogens with one attached hydrogen (secondary N) is 1. The number of hydrogen-bond donors (Lipinski definition) is 1. The molecule has 1 N–H and O–H groups in total. The van der Waals surface area contributed by atoms with E-state index in [9.17, 15) is 0 Å². The Morgan fingerprint density at radius 2 is 2.42 bits per heavy atom. The van der Waals surface area contributed by atoms with Gasteiger partial charge in [-0.1, -0.05) is 12.6 Å². The fourth-order valence-corrected chi connectivity index (χ4v) is 1.72. The summed E-state index contributed by atoms with van der Waals surface area (Å²) in [6.07, 6.45) is 1.73. The van der Waals surface area contributed by atoms with Crippen molar-refractivity contribution in [3.05, 3.63) is 46.9 Å². The number of nitrogens with zero attached hydrogens (tertiary/aromatic N) is 1. The van der Waals surface area contributed by atoms with Crippen molar-refractivity contribution in [3.63, 3.8) is 0 Å². The molecule has 0 amide bonds. The van der Waals surface area contributed by atoms with Crippen LogP contribution < -0.4 is 0 Å².